The van der Waals surface area contributed by atoms with Gasteiger partial charge >= 0.3 is 11.9 Å². The van der Waals surface area contributed by atoms with Crippen LogP contribution in [0.1, 0.15) is 11.1 Å². The Morgan fingerprint density at radius 2 is 1.54 bits per heavy atom. The van der Waals surface area contributed by atoms with E-state index in [1.165, 1.54) is 20.3 Å². The third-order valence-corrected chi connectivity index (χ3v) is 3.34. The highest BCUT2D eigenvalue weighted by atomic mass is 16.5. The van der Waals surface area contributed by atoms with Gasteiger partial charge in [0.1, 0.15) is 17.9 Å². The predicted molar refractivity (Wildman–Crippen MR) is 97.3 cm³/mol. The molecule has 0 saturated heterocycles. The molecular formula is C21H18O5. The van der Waals surface area contributed by atoms with Crippen LogP contribution in [0.3, 0.4) is 0 Å². The summed E-state index contributed by atoms with van der Waals surface area (Å²) < 4.78 is 14.9. The van der Waals surface area contributed by atoms with Crippen LogP contribution in [0, 0.1) is 11.8 Å². The van der Waals surface area contributed by atoms with E-state index in [0.717, 1.165) is 5.56 Å². The zero-order valence-electron chi connectivity index (χ0n) is 14.5. The first-order chi connectivity index (χ1) is 12.7. The van der Waals surface area contributed by atoms with E-state index >= 15 is 0 Å². The van der Waals surface area contributed by atoms with Crippen LogP contribution in [0.2, 0.25) is 0 Å². The van der Waals surface area contributed by atoms with Crippen LogP contribution in [0.4, 0.5) is 0 Å². The van der Waals surface area contributed by atoms with Gasteiger partial charge in [-0.05, 0) is 24.3 Å². The number of benzene rings is 2. The van der Waals surface area contributed by atoms with E-state index in [-0.39, 0.29) is 12.2 Å². The van der Waals surface area contributed by atoms with Gasteiger partial charge in [0.2, 0.25) is 0 Å². The fraction of sp³-hybridized carbons (Fsp3) is 0.143. The van der Waals surface area contributed by atoms with Crippen molar-refractivity contribution in [2.24, 2.45) is 0 Å². The third kappa shape index (κ3) is 5.25. The minimum Gasteiger partial charge on any atom is -0.480 e. The largest absolute Gasteiger partial charge is 0.480 e. The van der Waals surface area contributed by atoms with Crippen molar-refractivity contribution in [2.45, 2.75) is 0 Å². The van der Waals surface area contributed by atoms with E-state index in [9.17, 15) is 9.59 Å². The molecule has 0 fully saturated rings. The molecule has 0 amide bonds. The Labute approximate surface area is 152 Å². The molecule has 2 rings (SSSR count). The summed E-state index contributed by atoms with van der Waals surface area (Å²) in [5, 5.41) is 0. The number of ether oxygens (including phenoxy) is 3. The van der Waals surface area contributed by atoms with Crippen molar-refractivity contribution >= 4 is 18.0 Å². The highest BCUT2D eigenvalue weighted by Gasteiger charge is 2.20. The second-order valence-electron chi connectivity index (χ2n) is 5.04. The first-order valence-corrected chi connectivity index (χ1v) is 7.79. The lowest BCUT2D eigenvalue weighted by molar-refractivity contribution is -0.143. The molecule has 0 spiro atoms. The lowest BCUT2D eigenvalue weighted by Gasteiger charge is -2.08. The van der Waals surface area contributed by atoms with Gasteiger partial charge < -0.3 is 14.2 Å². The maximum atomic E-state index is 11.8. The number of rotatable bonds is 5. The SMILES string of the molecule is COC(=O)C(=Cc1ccccc1OCC#Cc1ccccc1)C(=O)OC. The van der Waals surface area contributed by atoms with Gasteiger partial charge in [0.05, 0.1) is 14.2 Å². The van der Waals surface area contributed by atoms with Crippen molar-refractivity contribution in [1.82, 2.24) is 0 Å². The Morgan fingerprint density at radius 3 is 2.19 bits per heavy atom. The predicted octanol–water partition coefficient (Wildman–Crippen LogP) is 2.85. The fourth-order valence-electron chi connectivity index (χ4n) is 2.08. The molecule has 0 aliphatic rings. The average molecular weight is 350 g/mol. The summed E-state index contributed by atoms with van der Waals surface area (Å²) in [6.07, 6.45) is 1.37. The molecule has 2 aromatic rings. The number of hydrogen-bond donors (Lipinski definition) is 0. The molecule has 0 unspecified atom stereocenters. The molecule has 0 radical (unpaired) electrons. The molecular weight excluding hydrogens is 332 g/mol. The van der Waals surface area contributed by atoms with Gasteiger partial charge in [0, 0.05) is 11.1 Å². The lowest BCUT2D eigenvalue weighted by atomic mass is 10.1. The second kappa shape index (κ2) is 9.70. The zero-order valence-corrected chi connectivity index (χ0v) is 14.5. The minimum atomic E-state index is -0.782. The smallest absolute Gasteiger partial charge is 0.345 e. The van der Waals surface area contributed by atoms with Crippen molar-refractivity contribution in [1.29, 1.82) is 0 Å². The number of carbonyl (C=O) groups is 2. The van der Waals surface area contributed by atoms with Crippen molar-refractivity contribution in [3.8, 4) is 17.6 Å². The van der Waals surface area contributed by atoms with Gasteiger partial charge in [-0.2, -0.15) is 0 Å². The number of hydrogen-bond acceptors (Lipinski definition) is 5. The maximum absolute atomic E-state index is 11.8. The second-order valence-corrected chi connectivity index (χ2v) is 5.04. The van der Waals surface area contributed by atoms with Gasteiger partial charge in [0.15, 0.2) is 0 Å². The monoisotopic (exact) mass is 350 g/mol. The highest BCUT2D eigenvalue weighted by Crippen LogP contribution is 2.21. The molecule has 5 heteroatoms. The molecule has 26 heavy (non-hydrogen) atoms. The number of esters is 2. The minimum absolute atomic E-state index is 0.158. The molecule has 132 valence electrons. The third-order valence-electron chi connectivity index (χ3n) is 3.34. The molecule has 0 bridgehead atoms. The molecule has 2 aromatic carbocycles. The van der Waals surface area contributed by atoms with E-state index in [1.54, 1.807) is 24.3 Å². The molecule has 0 N–H and O–H groups in total. The van der Waals surface area contributed by atoms with Crippen LogP contribution in [0.25, 0.3) is 6.08 Å². The zero-order chi connectivity index (χ0) is 18.8. The average Bonchev–Trinajstić information content (AvgIpc) is 2.70. The quantitative estimate of drug-likeness (QED) is 0.273. The molecule has 0 saturated carbocycles. The van der Waals surface area contributed by atoms with Crippen LogP contribution in [0.15, 0.2) is 60.2 Å². The van der Waals surface area contributed by atoms with Gasteiger partial charge in [-0.25, -0.2) is 9.59 Å². The molecule has 0 atom stereocenters. The Bertz CT molecular complexity index is 839. The maximum Gasteiger partial charge on any atom is 0.345 e. The Kier molecular flexibility index (Phi) is 7.02. The summed E-state index contributed by atoms with van der Waals surface area (Å²) in [6.45, 7) is 0.158. The van der Waals surface area contributed by atoms with E-state index in [2.05, 4.69) is 21.3 Å². The van der Waals surface area contributed by atoms with Gasteiger partial charge in [-0.1, -0.05) is 48.2 Å². The normalized spacial score (nSPS) is 9.31. The number of carbonyl (C=O) groups excluding carboxylic acids is 2. The van der Waals surface area contributed by atoms with Crippen molar-refractivity contribution in [3.05, 3.63) is 71.3 Å². The van der Waals surface area contributed by atoms with Gasteiger partial charge in [-0.15, -0.1) is 0 Å². The van der Waals surface area contributed by atoms with Crippen LogP contribution in [-0.4, -0.2) is 32.8 Å². The van der Waals surface area contributed by atoms with Crippen LogP contribution >= 0.6 is 0 Å². The number of para-hydroxylation sites is 1. The summed E-state index contributed by atoms with van der Waals surface area (Å²) in [5.41, 5.74) is 1.21. The van der Waals surface area contributed by atoms with Crippen LogP contribution in [-0.2, 0) is 19.1 Å². The number of methoxy groups -OCH3 is 2. The summed E-state index contributed by atoms with van der Waals surface area (Å²) in [4.78, 5) is 23.6. The van der Waals surface area contributed by atoms with Gasteiger partial charge in [0.25, 0.3) is 0 Å². The Balaban J connectivity index is 2.19. The van der Waals surface area contributed by atoms with Crippen molar-refractivity contribution < 1.29 is 23.8 Å². The lowest BCUT2D eigenvalue weighted by Crippen LogP contribution is -2.15. The van der Waals surface area contributed by atoms with Crippen LogP contribution < -0.4 is 4.74 Å². The summed E-state index contributed by atoms with van der Waals surface area (Å²) in [6, 6.07) is 16.5. The van der Waals surface area contributed by atoms with E-state index in [1.807, 2.05) is 30.3 Å². The fourth-order valence-corrected chi connectivity index (χ4v) is 2.08. The molecule has 0 aliphatic heterocycles. The topological polar surface area (TPSA) is 61.8 Å². The van der Waals surface area contributed by atoms with Gasteiger partial charge in [-0.3, -0.25) is 0 Å². The molecule has 5 nitrogen and oxygen atoms in total. The Hall–Kier alpha value is -3.52. The summed E-state index contributed by atoms with van der Waals surface area (Å²) in [5.74, 6) is 4.84. The standard InChI is InChI=1S/C21H18O5/c1-24-20(22)18(21(23)25-2)15-17-12-6-7-13-19(17)26-14-8-11-16-9-4-3-5-10-16/h3-7,9-10,12-13,15H,14H2,1-2H3. The first kappa shape index (κ1) is 18.8. The van der Waals surface area contributed by atoms with E-state index < -0.39 is 11.9 Å². The first-order valence-electron chi connectivity index (χ1n) is 7.79. The van der Waals surface area contributed by atoms with Crippen molar-refractivity contribution in [3.63, 3.8) is 0 Å². The Morgan fingerprint density at radius 1 is 0.923 bits per heavy atom. The summed E-state index contributed by atoms with van der Waals surface area (Å²) >= 11 is 0. The van der Waals surface area contributed by atoms with Crippen LogP contribution in [0.5, 0.6) is 5.75 Å². The van der Waals surface area contributed by atoms with Crippen molar-refractivity contribution in [2.75, 3.05) is 20.8 Å². The van der Waals surface area contributed by atoms with E-state index in [4.69, 9.17) is 4.74 Å². The summed E-state index contributed by atoms with van der Waals surface area (Å²) in [7, 11) is 2.39. The highest BCUT2D eigenvalue weighted by molar-refractivity contribution is 6.17. The van der Waals surface area contributed by atoms with E-state index in [0.29, 0.717) is 11.3 Å². The molecule has 0 aromatic heterocycles. The molecule has 0 aliphatic carbocycles. The molecule has 0 heterocycles.